The lowest BCUT2D eigenvalue weighted by molar-refractivity contribution is -0.116. The molecule has 0 radical (unpaired) electrons. The van der Waals surface area contributed by atoms with Crippen LogP contribution in [0.1, 0.15) is 17.0 Å². The summed E-state index contributed by atoms with van der Waals surface area (Å²) in [6, 6.07) is 5.53. The van der Waals surface area contributed by atoms with Gasteiger partial charge in [0.05, 0.1) is 27.2 Å². The number of hydrogen-bond acceptors (Lipinski definition) is 3. The maximum Gasteiger partial charge on any atom is 0.246 e. The second kappa shape index (κ2) is 5.66. The number of nitrogens with one attached hydrogen (secondary N) is 1. The third-order valence-electron chi connectivity index (χ3n) is 3.16. The first-order chi connectivity index (χ1) is 9.40. The molecule has 1 aromatic carbocycles. The van der Waals surface area contributed by atoms with E-state index in [1.165, 1.54) is 0 Å². The van der Waals surface area contributed by atoms with Gasteiger partial charge in [-0.3, -0.25) is 9.48 Å². The Morgan fingerprint density at radius 3 is 2.65 bits per heavy atom. The van der Waals surface area contributed by atoms with Crippen LogP contribution < -0.4 is 11.1 Å². The van der Waals surface area contributed by atoms with E-state index in [2.05, 4.69) is 26.3 Å². The molecule has 0 aliphatic carbocycles. The zero-order valence-corrected chi connectivity index (χ0v) is 13.3. The molecule has 0 aliphatic rings. The van der Waals surface area contributed by atoms with Crippen LogP contribution in [0.15, 0.2) is 22.7 Å². The van der Waals surface area contributed by atoms with Crippen LogP contribution in [0.4, 0.5) is 11.4 Å². The Morgan fingerprint density at radius 1 is 1.40 bits per heavy atom. The van der Waals surface area contributed by atoms with Crippen LogP contribution in [0.25, 0.3) is 0 Å². The van der Waals surface area contributed by atoms with Gasteiger partial charge in [-0.25, -0.2) is 0 Å². The number of para-hydroxylation sites is 1. The van der Waals surface area contributed by atoms with Gasteiger partial charge in [-0.2, -0.15) is 5.10 Å². The Bertz CT molecular complexity index is 643. The van der Waals surface area contributed by atoms with Crippen molar-refractivity contribution in [2.45, 2.75) is 27.3 Å². The molecule has 0 fully saturated rings. The molecular weight excluding hydrogens is 320 g/mol. The van der Waals surface area contributed by atoms with Crippen LogP contribution in [0.3, 0.4) is 0 Å². The first-order valence-electron chi connectivity index (χ1n) is 6.24. The molecule has 106 valence electrons. The number of rotatable bonds is 3. The molecule has 0 spiro atoms. The quantitative estimate of drug-likeness (QED) is 0.846. The van der Waals surface area contributed by atoms with E-state index in [0.29, 0.717) is 11.4 Å². The van der Waals surface area contributed by atoms with E-state index >= 15 is 0 Å². The highest BCUT2D eigenvalue weighted by Crippen LogP contribution is 2.23. The van der Waals surface area contributed by atoms with Crippen LogP contribution in [0.2, 0.25) is 0 Å². The summed E-state index contributed by atoms with van der Waals surface area (Å²) in [7, 11) is 0. The van der Waals surface area contributed by atoms with Crippen molar-refractivity contribution in [3.8, 4) is 0 Å². The number of nitrogen functional groups attached to an aromatic ring is 1. The Morgan fingerprint density at radius 2 is 2.10 bits per heavy atom. The first kappa shape index (κ1) is 14.6. The van der Waals surface area contributed by atoms with Gasteiger partial charge in [0, 0.05) is 0 Å². The Labute approximate surface area is 126 Å². The van der Waals surface area contributed by atoms with E-state index in [9.17, 15) is 4.79 Å². The maximum atomic E-state index is 12.1. The summed E-state index contributed by atoms with van der Waals surface area (Å²) >= 11 is 3.44. The number of nitrogens with zero attached hydrogens (tertiary/aromatic N) is 2. The lowest BCUT2D eigenvalue weighted by Gasteiger charge is -2.11. The highest BCUT2D eigenvalue weighted by molar-refractivity contribution is 9.10. The van der Waals surface area contributed by atoms with Gasteiger partial charge < -0.3 is 11.1 Å². The Hall–Kier alpha value is -1.82. The summed E-state index contributed by atoms with van der Waals surface area (Å²) in [5, 5.41) is 7.16. The third kappa shape index (κ3) is 2.85. The number of amides is 1. The zero-order valence-electron chi connectivity index (χ0n) is 11.7. The van der Waals surface area contributed by atoms with Gasteiger partial charge >= 0.3 is 0 Å². The third-order valence-corrected chi connectivity index (χ3v) is 4.30. The van der Waals surface area contributed by atoms with Gasteiger partial charge in [-0.05, 0) is 48.3 Å². The topological polar surface area (TPSA) is 72.9 Å². The van der Waals surface area contributed by atoms with E-state index in [4.69, 9.17) is 5.73 Å². The fourth-order valence-electron chi connectivity index (χ4n) is 2.01. The van der Waals surface area contributed by atoms with Crippen molar-refractivity contribution in [1.82, 2.24) is 9.78 Å². The SMILES string of the molecule is Cc1cccc(N)c1NC(=O)Cn1nc(C)c(Br)c1C. The van der Waals surface area contributed by atoms with Gasteiger partial charge in [-0.15, -0.1) is 0 Å². The summed E-state index contributed by atoms with van der Waals surface area (Å²) in [6.07, 6.45) is 0. The minimum absolute atomic E-state index is 0.149. The fourth-order valence-corrected chi connectivity index (χ4v) is 2.29. The molecule has 1 heterocycles. The molecule has 2 rings (SSSR count). The predicted molar refractivity (Wildman–Crippen MR) is 83.6 cm³/mol. The molecule has 0 bridgehead atoms. The number of anilines is 2. The van der Waals surface area contributed by atoms with E-state index in [0.717, 1.165) is 21.4 Å². The molecule has 5 nitrogen and oxygen atoms in total. The van der Waals surface area contributed by atoms with E-state index < -0.39 is 0 Å². The van der Waals surface area contributed by atoms with Crippen molar-refractivity contribution in [3.63, 3.8) is 0 Å². The molecule has 0 unspecified atom stereocenters. The summed E-state index contributed by atoms with van der Waals surface area (Å²) in [5.74, 6) is -0.149. The number of carbonyl (C=O) groups excluding carboxylic acids is 1. The van der Waals surface area contributed by atoms with Gasteiger partial charge in [-0.1, -0.05) is 12.1 Å². The zero-order chi connectivity index (χ0) is 14.9. The fraction of sp³-hybridized carbons (Fsp3) is 0.286. The summed E-state index contributed by atoms with van der Waals surface area (Å²) in [6.45, 7) is 5.88. The largest absolute Gasteiger partial charge is 0.397 e. The Balaban J connectivity index is 2.15. The maximum absolute atomic E-state index is 12.1. The highest BCUT2D eigenvalue weighted by Gasteiger charge is 2.13. The van der Waals surface area contributed by atoms with Crippen LogP contribution in [-0.2, 0) is 11.3 Å². The number of benzene rings is 1. The molecule has 0 saturated heterocycles. The minimum atomic E-state index is -0.149. The molecule has 20 heavy (non-hydrogen) atoms. The molecule has 0 aliphatic heterocycles. The van der Waals surface area contributed by atoms with Gasteiger partial charge in [0.15, 0.2) is 0 Å². The standard InChI is InChI=1S/C14H17BrN4O/c1-8-5-4-6-11(16)14(8)17-12(20)7-19-10(3)13(15)9(2)18-19/h4-6H,7,16H2,1-3H3,(H,17,20). The highest BCUT2D eigenvalue weighted by atomic mass is 79.9. The second-order valence-electron chi connectivity index (χ2n) is 4.73. The van der Waals surface area contributed by atoms with Crippen LogP contribution >= 0.6 is 15.9 Å². The smallest absolute Gasteiger partial charge is 0.246 e. The number of carbonyl (C=O) groups is 1. The molecule has 1 aromatic heterocycles. The summed E-state index contributed by atoms with van der Waals surface area (Å²) < 4.78 is 2.60. The van der Waals surface area contributed by atoms with Crippen molar-refractivity contribution in [3.05, 3.63) is 39.6 Å². The van der Waals surface area contributed by atoms with E-state index in [1.54, 1.807) is 10.7 Å². The second-order valence-corrected chi connectivity index (χ2v) is 5.52. The van der Waals surface area contributed by atoms with Crippen molar-refractivity contribution < 1.29 is 4.79 Å². The van der Waals surface area contributed by atoms with Crippen molar-refractivity contribution in [2.75, 3.05) is 11.1 Å². The van der Waals surface area contributed by atoms with E-state index in [1.807, 2.05) is 32.9 Å². The average Bonchev–Trinajstić information content (AvgIpc) is 2.62. The van der Waals surface area contributed by atoms with Gasteiger partial charge in [0.25, 0.3) is 0 Å². The molecule has 2 aromatic rings. The molecule has 0 atom stereocenters. The average molecular weight is 337 g/mol. The van der Waals surface area contributed by atoms with Crippen molar-refractivity contribution in [1.29, 1.82) is 0 Å². The molecular formula is C14H17BrN4O. The predicted octanol–water partition coefficient (Wildman–Crippen LogP) is 2.79. The van der Waals surface area contributed by atoms with Crippen LogP contribution in [0, 0.1) is 20.8 Å². The normalized spacial score (nSPS) is 10.6. The summed E-state index contributed by atoms with van der Waals surface area (Å²) in [5.41, 5.74) is 9.83. The molecule has 6 heteroatoms. The minimum Gasteiger partial charge on any atom is -0.397 e. The summed E-state index contributed by atoms with van der Waals surface area (Å²) in [4.78, 5) is 12.1. The van der Waals surface area contributed by atoms with Crippen LogP contribution in [0.5, 0.6) is 0 Å². The van der Waals surface area contributed by atoms with Crippen molar-refractivity contribution in [2.24, 2.45) is 0 Å². The first-order valence-corrected chi connectivity index (χ1v) is 7.04. The number of aromatic nitrogens is 2. The molecule has 3 N–H and O–H groups in total. The van der Waals surface area contributed by atoms with E-state index in [-0.39, 0.29) is 12.5 Å². The van der Waals surface area contributed by atoms with Crippen molar-refractivity contribution >= 4 is 33.2 Å². The van der Waals surface area contributed by atoms with Crippen LogP contribution in [-0.4, -0.2) is 15.7 Å². The number of nitrogens with two attached hydrogens (primary N) is 1. The lowest BCUT2D eigenvalue weighted by Crippen LogP contribution is -2.21. The molecule has 0 saturated carbocycles. The number of aryl methyl sites for hydroxylation is 2. The van der Waals surface area contributed by atoms with Gasteiger partial charge in [0.2, 0.25) is 5.91 Å². The Kier molecular flexibility index (Phi) is 4.13. The number of halogens is 1. The molecule has 1 amide bonds. The monoisotopic (exact) mass is 336 g/mol. The number of hydrogen-bond donors (Lipinski definition) is 2. The van der Waals surface area contributed by atoms with Gasteiger partial charge in [0.1, 0.15) is 6.54 Å². The lowest BCUT2D eigenvalue weighted by atomic mass is 10.1.